The van der Waals surface area contributed by atoms with Crippen LogP contribution < -0.4 is 0 Å². The lowest BCUT2D eigenvalue weighted by Crippen LogP contribution is -2.34. The quantitative estimate of drug-likeness (QED) is 0.219. The average Bonchev–Trinajstić information content (AvgIpc) is 2.17. The molecule has 8 heteroatoms. The maximum Gasteiger partial charge on any atom is 0.370 e. The Morgan fingerprint density at radius 1 is 1.40 bits per heavy atom. The number of rotatable bonds is 2. The first-order chi connectivity index (χ1) is 6.99. The Kier molecular flexibility index (Phi) is 3.78. The number of sulfone groups is 1. The van der Waals surface area contributed by atoms with E-state index in [1.54, 1.807) is 0 Å². The van der Waals surface area contributed by atoms with E-state index in [1.165, 1.54) is 0 Å². The van der Waals surface area contributed by atoms with Crippen molar-refractivity contribution in [3.05, 3.63) is 5.53 Å². The van der Waals surface area contributed by atoms with Crippen molar-refractivity contribution in [3.8, 4) is 0 Å². The first-order valence-electron chi connectivity index (χ1n) is 4.35. The van der Waals surface area contributed by atoms with Crippen molar-refractivity contribution in [1.29, 1.82) is 0 Å². The van der Waals surface area contributed by atoms with Crippen molar-refractivity contribution in [2.75, 3.05) is 0 Å². The van der Waals surface area contributed by atoms with Crippen molar-refractivity contribution in [1.82, 2.24) is 0 Å². The Morgan fingerprint density at radius 2 is 2.07 bits per heavy atom. The van der Waals surface area contributed by atoms with Crippen LogP contribution in [0.25, 0.3) is 5.53 Å². The van der Waals surface area contributed by atoms with E-state index in [9.17, 15) is 16.8 Å². The van der Waals surface area contributed by atoms with Crippen LogP contribution in [-0.4, -0.2) is 37.3 Å². The zero-order valence-corrected chi connectivity index (χ0v) is 9.46. The van der Waals surface area contributed by atoms with Crippen molar-refractivity contribution < 1.29 is 21.6 Å². The van der Waals surface area contributed by atoms with Crippen LogP contribution in [0.2, 0.25) is 0 Å². The number of hydrogen-bond acceptors (Lipinski definition) is 4. The molecule has 0 aromatic rings. The predicted octanol–water partition coefficient (Wildman–Crippen LogP) is -0.347. The monoisotopic (exact) mass is 250 g/mol. The van der Waals surface area contributed by atoms with Crippen LogP contribution in [0.3, 0.4) is 0 Å². The summed E-state index contributed by atoms with van der Waals surface area (Å²) >= 11 is 0. The molecular formula is C7H10N2O4S2. The first kappa shape index (κ1) is 12.1. The third kappa shape index (κ3) is 2.74. The molecule has 0 bridgehead atoms. The second-order valence-electron chi connectivity index (χ2n) is 3.25. The molecule has 0 amide bonds. The Morgan fingerprint density at radius 3 is 2.60 bits per heavy atom. The Labute approximate surface area is 89.0 Å². The highest BCUT2D eigenvalue weighted by Crippen LogP contribution is 2.20. The van der Waals surface area contributed by atoms with E-state index in [1.807, 2.05) is 0 Å². The van der Waals surface area contributed by atoms with Crippen molar-refractivity contribution in [2.24, 2.45) is 0 Å². The van der Waals surface area contributed by atoms with Crippen LogP contribution in [0, 0.1) is 0 Å². The zero-order valence-electron chi connectivity index (χ0n) is 7.83. The van der Waals surface area contributed by atoms with E-state index in [0.717, 1.165) is 0 Å². The van der Waals surface area contributed by atoms with Crippen LogP contribution in [-0.2, 0) is 20.1 Å². The SMILES string of the molecule is [N-]=[N+]=CS(=O)(=O)C1CCCCC1=S(=O)=O. The zero-order chi connectivity index (χ0) is 11.5. The fourth-order valence-corrected chi connectivity index (χ4v) is 4.17. The molecule has 1 aliphatic carbocycles. The molecule has 1 unspecified atom stereocenters. The van der Waals surface area contributed by atoms with Gasteiger partial charge in [-0.05, 0) is 19.3 Å². The van der Waals surface area contributed by atoms with E-state index in [-0.39, 0.29) is 17.7 Å². The van der Waals surface area contributed by atoms with Gasteiger partial charge in [0.15, 0.2) is 0 Å². The van der Waals surface area contributed by atoms with Crippen molar-refractivity contribution in [2.45, 2.75) is 30.9 Å². The molecule has 1 aliphatic rings. The van der Waals surface area contributed by atoms with Gasteiger partial charge in [-0.25, -0.2) is 8.42 Å². The van der Waals surface area contributed by atoms with Gasteiger partial charge in [0, 0.05) is 0 Å². The third-order valence-corrected chi connectivity index (χ3v) is 5.07. The van der Waals surface area contributed by atoms with Crippen LogP contribution in [0.4, 0.5) is 0 Å². The molecule has 0 saturated heterocycles. The van der Waals surface area contributed by atoms with Gasteiger partial charge in [-0.15, -0.1) is 0 Å². The largest absolute Gasteiger partial charge is 0.370 e. The molecule has 0 aromatic carbocycles. The van der Waals surface area contributed by atoms with E-state index in [2.05, 4.69) is 4.79 Å². The molecule has 6 nitrogen and oxygen atoms in total. The van der Waals surface area contributed by atoms with Gasteiger partial charge in [-0.2, -0.15) is 13.2 Å². The molecule has 84 valence electrons. The van der Waals surface area contributed by atoms with Crippen molar-refractivity contribution in [3.63, 3.8) is 0 Å². The predicted molar refractivity (Wildman–Crippen MR) is 54.8 cm³/mol. The summed E-state index contributed by atoms with van der Waals surface area (Å²) in [6.45, 7) is 0. The van der Waals surface area contributed by atoms with Gasteiger partial charge >= 0.3 is 5.55 Å². The summed E-state index contributed by atoms with van der Waals surface area (Å²) in [7, 11) is -6.29. The van der Waals surface area contributed by atoms with Gasteiger partial charge in [0.05, 0.1) is 4.86 Å². The van der Waals surface area contributed by atoms with Crippen LogP contribution in [0.1, 0.15) is 25.7 Å². The number of hydrogen-bond donors (Lipinski definition) is 0. The average molecular weight is 250 g/mol. The standard InChI is InChI=1S/C7H10N2O4S2/c8-9-5-15(12,13)7-4-2-1-3-6(7)14(10)11/h5,7H,1-4H2. The normalized spacial score (nSPS) is 21.9. The topological polar surface area (TPSA) is 105 Å². The lowest BCUT2D eigenvalue weighted by Gasteiger charge is -2.18. The maximum absolute atomic E-state index is 11.5. The molecule has 0 aliphatic heterocycles. The summed E-state index contributed by atoms with van der Waals surface area (Å²) in [5.74, 6) is 0. The highest BCUT2D eigenvalue weighted by molar-refractivity contribution is 8.06. The second kappa shape index (κ2) is 4.69. The minimum Gasteiger partial charge on any atom is -0.361 e. The summed E-state index contributed by atoms with van der Waals surface area (Å²) in [4.78, 5) is 2.44. The lowest BCUT2D eigenvalue weighted by atomic mass is 10.0. The second-order valence-corrected chi connectivity index (χ2v) is 6.20. The van der Waals surface area contributed by atoms with Gasteiger partial charge in [-0.3, -0.25) is 0 Å². The smallest absolute Gasteiger partial charge is 0.361 e. The molecule has 1 fully saturated rings. The molecule has 1 rings (SSSR count). The van der Waals surface area contributed by atoms with E-state index < -0.39 is 25.4 Å². The fraction of sp³-hybridized carbons (Fsp3) is 0.714. The van der Waals surface area contributed by atoms with Gasteiger partial charge < -0.3 is 5.53 Å². The van der Waals surface area contributed by atoms with Crippen LogP contribution in [0.15, 0.2) is 0 Å². The van der Waals surface area contributed by atoms with Gasteiger partial charge in [-0.1, -0.05) is 6.42 Å². The van der Waals surface area contributed by atoms with Crippen molar-refractivity contribution >= 4 is 30.5 Å². The molecule has 0 spiro atoms. The first-order valence-corrected chi connectivity index (χ1v) is 7.04. The fourth-order valence-electron chi connectivity index (χ4n) is 1.63. The molecular weight excluding hydrogens is 240 g/mol. The molecule has 0 heterocycles. The van der Waals surface area contributed by atoms with E-state index >= 15 is 0 Å². The van der Waals surface area contributed by atoms with Gasteiger partial charge in [0.25, 0.3) is 9.84 Å². The lowest BCUT2D eigenvalue weighted by molar-refractivity contribution is 0.00750. The Bertz CT molecular complexity index is 517. The third-order valence-electron chi connectivity index (χ3n) is 2.30. The highest BCUT2D eigenvalue weighted by atomic mass is 32.2. The minimum absolute atomic E-state index is 0.0128. The summed E-state index contributed by atoms with van der Waals surface area (Å²) in [6.07, 6.45) is 1.85. The number of nitrogens with zero attached hydrogens (tertiary/aromatic N) is 2. The van der Waals surface area contributed by atoms with E-state index in [0.29, 0.717) is 18.4 Å². The molecule has 0 radical (unpaired) electrons. The van der Waals surface area contributed by atoms with Gasteiger partial charge in [0.1, 0.15) is 5.25 Å². The van der Waals surface area contributed by atoms with Gasteiger partial charge in [0.2, 0.25) is 10.3 Å². The molecule has 1 atom stereocenters. The minimum atomic E-state index is -3.80. The summed E-state index contributed by atoms with van der Waals surface area (Å²) in [6, 6.07) is 0. The molecule has 15 heavy (non-hydrogen) atoms. The van der Waals surface area contributed by atoms with E-state index in [4.69, 9.17) is 5.53 Å². The Hall–Kier alpha value is -0.980. The molecule has 0 N–H and O–H groups in total. The summed E-state index contributed by atoms with van der Waals surface area (Å²) in [5.41, 5.74) is 8.58. The molecule has 0 aromatic heterocycles. The highest BCUT2D eigenvalue weighted by Gasteiger charge is 2.34. The summed E-state index contributed by atoms with van der Waals surface area (Å²) in [5, 5.41) is -1.06. The van der Waals surface area contributed by atoms with Crippen LogP contribution >= 0.6 is 0 Å². The van der Waals surface area contributed by atoms with Crippen LogP contribution in [0.5, 0.6) is 0 Å². The maximum atomic E-state index is 11.5. The molecule has 1 saturated carbocycles. The summed E-state index contributed by atoms with van der Waals surface area (Å²) < 4.78 is 44.6. The Balaban J connectivity index is 3.24.